The zero-order valence-electron chi connectivity index (χ0n) is 13.0. The summed E-state index contributed by atoms with van der Waals surface area (Å²) in [5.41, 5.74) is 1.18. The number of thiophene rings is 1. The second-order valence-corrected chi connectivity index (χ2v) is 6.14. The van der Waals surface area contributed by atoms with Crippen molar-refractivity contribution in [3.63, 3.8) is 0 Å². The Morgan fingerprint density at radius 1 is 1.32 bits per heavy atom. The first kappa shape index (κ1) is 16.4. The molecule has 0 saturated heterocycles. The van der Waals surface area contributed by atoms with E-state index >= 15 is 0 Å². The van der Waals surface area contributed by atoms with Crippen molar-refractivity contribution in [3.8, 4) is 5.75 Å². The van der Waals surface area contributed by atoms with Crippen molar-refractivity contribution >= 4 is 17.4 Å². The van der Waals surface area contributed by atoms with Gasteiger partial charge in [-0.05, 0) is 49.4 Å². The van der Waals surface area contributed by atoms with Crippen LogP contribution in [0, 0.1) is 6.92 Å². The molecule has 0 unspecified atom stereocenters. The first-order valence-electron chi connectivity index (χ1n) is 7.42. The van der Waals surface area contributed by atoms with Crippen molar-refractivity contribution in [2.24, 2.45) is 0 Å². The molecule has 0 aliphatic carbocycles. The number of aryl methyl sites for hydroxylation is 1. The maximum absolute atomic E-state index is 11.8. The number of carbonyl (C=O) groups is 1. The van der Waals surface area contributed by atoms with Gasteiger partial charge in [-0.15, -0.1) is 11.3 Å². The molecule has 0 radical (unpaired) electrons. The van der Waals surface area contributed by atoms with Crippen LogP contribution < -0.4 is 15.4 Å². The summed E-state index contributed by atoms with van der Waals surface area (Å²) in [6.45, 7) is 5.19. The Balaban J connectivity index is 1.59. The number of hydrogen-bond acceptors (Lipinski definition) is 3. The molecular weight excluding hydrogens is 296 g/mol. The molecule has 0 spiro atoms. The second kappa shape index (κ2) is 8.44. The third-order valence-electron chi connectivity index (χ3n) is 3.18. The van der Waals surface area contributed by atoms with Crippen LogP contribution in [0.1, 0.15) is 29.8 Å². The van der Waals surface area contributed by atoms with Crippen molar-refractivity contribution in [3.05, 3.63) is 52.2 Å². The Kier molecular flexibility index (Phi) is 6.27. The van der Waals surface area contributed by atoms with Gasteiger partial charge in [-0.2, -0.15) is 0 Å². The number of hydrogen-bond donors (Lipinski definition) is 2. The van der Waals surface area contributed by atoms with Crippen molar-refractivity contribution in [2.45, 2.75) is 26.3 Å². The molecule has 0 fully saturated rings. The Labute approximate surface area is 135 Å². The predicted octanol–water partition coefficient (Wildman–Crippen LogP) is 3.89. The minimum atomic E-state index is -0.142. The van der Waals surface area contributed by atoms with Gasteiger partial charge in [0, 0.05) is 11.4 Å². The molecule has 0 aliphatic heterocycles. The maximum Gasteiger partial charge on any atom is 0.315 e. The minimum Gasteiger partial charge on any atom is -0.494 e. The highest BCUT2D eigenvalue weighted by Gasteiger charge is 2.09. The molecule has 0 aliphatic rings. The van der Waals surface area contributed by atoms with E-state index in [0.717, 1.165) is 17.0 Å². The number of nitrogens with one attached hydrogen (secondary N) is 2. The number of amides is 2. The monoisotopic (exact) mass is 318 g/mol. The van der Waals surface area contributed by atoms with E-state index in [4.69, 9.17) is 4.74 Å². The van der Waals surface area contributed by atoms with Crippen LogP contribution in [-0.4, -0.2) is 19.2 Å². The van der Waals surface area contributed by atoms with Crippen LogP contribution in [-0.2, 0) is 0 Å². The summed E-state index contributed by atoms with van der Waals surface area (Å²) in [6.07, 6.45) is 0.773. The fourth-order valence-electron chi connectivity index (χ4n) is 2.03. The van der Waals surface area contributed by atoms with Gasteiger partial charge in [0.25, 0.3) is 0 Å². The van der Waals surface area contributed by atoms with E-state index in [1.165, 1.54) is 5.56 Å². The van der Waals surface area contributed by atoms with E-state index in [0.29, 0.717) is 13.2 Å². The highest BCUT2D eigenvalue weighted by molar-refractivity contribution is 7.10. The zero-order valence-corrected chi connectivity index (χ0v) is 13.8. The highest BCUT2D eigenvalue weighted by atomic mass is 32.1. The topological polar surface area (TPSA) is 50.4 Å². The molecule has 2 rings (SSSR count). The van der Waals surface area contributed by atoms with Crippen LogP contribution in [0.25, 0.3) is 0 Å². The van der Waals surface area contributed by atoms with Gasteiger partial charge in [0.2, 0.25) is 0 Å². The molecule has 1 atom stereocenters. The van der Waals surface area contributed by atoms with Gasteiger partial charge in [0.1, 0.15) is 5.75 Å². The van der Waals surface area contributed by atoms with Crippen molar-refractivity contribution < 1.29 is 9.53 Å². The van der Waals surface area contributed by atoms with E-state index in [-0.39, 0.29) is 12.1 Å². The molecule has 2 amide bonds. The summed E-state index contributed by atoms with van der Waals surface area (Å²) >= 11 is 1.64. The van der Waals surface area contributed by atoms with Gasteiger partial charge < -0.3 is 15.4 Å². The van der Waals surface area contributed by atoms with E-state index < -0.39 is 0 Å². The van der Waals surface area contributed by atoms with E-state index in [2.05, 4.69) is 10.6 Å². The van der Waals surface area contributed by atoms with Crippen LogP contribution in [0.15, 0.2) is 41.8 Å². The first-order valence-corrected chi connectivity index (χ1v) is 8.30. The zero-order chi connectivity index (χ0) is 15.8. The van der Waals surface area contributed by atoms with Gasteiger partial charge in [-0.1, -0.05) is 18.2 Å². The standard InChI is InChI=1S/C17H22N2O2S/c1-13-6-3-7-15(12-13)21-10-5-9-18-17(20)19-14(2)16-8-4-11-22-16/h3-4,6-8,11-12,14H,5,9-10H2,1-2H3,(H2,18,19,20)/t14-/m1/s1. The molecule has 5 heteroatoms. The molecule has 0 bridgehead atoms. The molecular formula is C17H22N2O2S. The molecule has 2 N–H and O–H groups in total. The lowest BCUT2D eigenvalue weighted by atomic mass is 10.2. The maximum atomic E-state index is 11.8. The van der Waals surface area contributed by atoms with Gasteiger partial charge in [-0.3, -0.25) is 0 Å². The fraction of sp³-hybridized carbons (Fsp3) is 0.353. The average Bonchev–Trinajstić information content (AvgIpc) is 3.01. The Bertz CT molecular complexity index is 584. The smallest absolute Gasteiger partial charge is 0.315 e. The Morgan fingerprint density at radius 3 is 2.91 bits per heavy atom. The SMILES string of the molecule is Cc1cccc(OCCCNC(=O)N[C@H](C)c2cccs2)c1. The molecule has 1 heterocycles. The largest absolute Gasteiger partial charge is 0.494 e. The minimum absolute atomic E-state index is 0.0311. The molecule has 1 aromatic heterocycles. The summed E-state index contributed by atoms with van der Waals surface area (Å²) in [6, 6.07) is 11.8. The average molecular weight is 318 g/mol. The number of benzene rings is 1. The number of ether oxygens (including phenoxy) is 1. The summed E-state index contributed by atoms with van der Waals surface area (Å²) in [7, 11) is 0. The molecule has 2 aromatic rings. The fourth-order valence-corrected chi connectivity index (χ4v) is 2.76. The highest BCUT2D eigenvalue weighted by Crippen LogP contribution is 2.17. The molecule has 1 aromatic carbocycles. The summed E-state index contributed by atoms with van der Waals surface area (Å²) in [5.74, 6) is 0.871. The van der Waals surface area contributed by atoms with Crippen LogP contribution in [0.4, 0.5) is 4.79 Å². The van der Waals surface area contributed by atoms with E-state index in [1.807, 2.05) is 55.6 Å². The Hall–Kier alpha value is -2.01. The molecule has 0 saturated carbocycles. The van der Waals surface area contributed by atoms with Gasteiger partial charge in [0.05, 0.1) is 12.6 Å². The van der Waals surface area contributed by atoms with E-state index in [9.17, 15) is 4.79 Å². The van der Waals surface area contributed by atoms with Crippen LogP contribution in [0.2, 0.25) is 0 Å². The molecule has 4 nitrogen and oxygen atoms in total. The lowest BCUT2D eigenvalue weighted by Crippen LogP contribution is -2.37. The van der Waals surface area contributed by atoms with Crippen LogP contribution in [0.3, 0.4) is 0 Å². The third kappa shape index (κ3) is 5.41. The second-order valence-electron chi connectivity index (χ2n) is 5.16. The number of urea groups is 1. The van der Waals surface area contributed by atoms with E-state index in [1.54, 1.807) is 11.3 Å². The molecule has 118 valence electrons. The number of carbonyl (C=O) groups excluding carboxylic acids is 1. The van der Waals surface area contributed by atoms with Crippen molar-refractivity contribution in [1.29, 1.82) is 0 Å². The Morgan fingerprint density at radius 2 is 2.18 bits per heavy atom. The van der Waals surface area contributed by atoms with Gasteiger partial charge in [0.15, 0.2) is 0 Å². The summed E-state index contributed by atoms with van der Waals surface area (Å²) < 4.78 is 5.64. The first-order chi connectivity index (χ1) is 10.6. The summed E-state index contributed by atoms with van der Waals surface area (Å²) in [4.78, 5) is 12.9. The third-order valence-corrected chi connectivity index (χ3v) is 4.24. The lowest BCUT2D eigenvalue weighted by Gasteiger charge is -2.13. The van der Waals surface area contributed by atoms with Gasteiger partial charge >= 0.3 is 6.03 Å². The quantitative estimate of drug-likeness (QED) is 0.761. The normalized spacial score (nSPS) is 11.7. The predicted molar refractivity (Wildman–Crippen MR) is 90.6 cm³/mol. The lowest BCUT2D eigenvalue weighted by molar-refractivity contribution is 0.236. The van der Waals surface area contributed by atoms with Crippen molar-refractivity contribution in [1.82, 2.24) is 10.6 Å². The number of rotatable bonds is 7. The van der Waals surface area contributed by atoms with Crippen LogP contribution >= 0.6 is 11.3 Å². The summed E-state index contributed by atoms with van der Waals surface area (Å²) in [5, 5.41) is 7.77. The van der Waals surface area contributed by atoms with Crippen molar-refractivity contribution in [2.75, 3.05) is 13.2 Å². The molecule has 22 heavy (non-hydrogen) atoms. The van der Waals surface area contributed by atoms with Gasteiger partial charge in [-0.25, -0.2) is 4.79 Å². The van der Waals surface area contributed by atoms with Crippen LogP contribution in [0.5, 0.6) is 5.75 Å².